The van der Waals surface area contributed by atoms with Crippen LogP contribution in [-0.4, -0.2) is 39.9 Å². The summed E-state index contributed by atoms with van der Waals surface area (Å²) in [4.78, 5) is 40.7. The summed E-state index contributed by atoms with van der Waals surface area (Å²) in [6, 6.07) is 99.1. The van der Waals surface area contributed by atoms with Gasteiger partial charge in [-0.2, -0.15) is 0 Å². The van der Waals surface area contributed by atoms with E-state index < -0.39 is 0 Å². The maximum Gasteiger partial charge on any atom is 0.164 e. The maximum absolute atomic E-state index is 5.31. The Morgan fingerprint density at radius 1 is 0.182 bits per heavy atom. The molecule has 0 N–H and O–H groups in total. The minimum atomic E-state index is 0.590. The Kier molecular flexibility index (Phi) is 13.0. The molecular formula is C80H50N8. The van der Waals surface area contributed by atoms with E-state index in [9.17, 15) is 0 Å². The molecule has 0 unspecified atom stereocenters. The number of hydrogen-bond acceptors (Lipinski definition) is 8. The van der Waals surface area contributed by atoms with Crippen LogP contribution >= 0.6 is 0 Å². The van der Waals surface area contributed by atoms with Gasteiger partial charge < -0.3 is 0 Å². The molecule has 0 amide bonds. The molecule has 4 aromatic heterocycles. The molecule has 0 aliphatic rings. The van der Waals surface area contributed by atoms with Crippen LogP contribution in [0.1, 0.15) is 0 Å². The smallest absolute Gasteiger partial charge is 0.164 e. The van der Waals surface area contributed by atoms with Gasteiger partial charge in [0.15, 0.2) is 34.9 Å². The second kappa shape index (κ2) is 22.2. The predicted octanol–water partition coefficient (Wildman–Crippen LogP) is 19.8. The minimum absolute atomic E-state index is 0.590. The molecule has 0 saturated heterocycles. The Balaban J connectivity index is 0.732. The van der Waals surface area contributed by atoms with E-state index >= 15 is 0 Å². The lowest BCUT2D eigenvalue weighted by molar-refractivity contribution is 1.07. The van der Waals surface area contributed by atoms with Crippen molar-refractivity contribution in [3.8, 4) is 124 Å². The van der Waals surface area contributed by atoms with E-state index in [1.54, 1.807) is 0 Å². The van der Waals surface area contributed by atoms with E-state index in [4.69, 9.17) is 39.9 Å². The van der Waals surface area contributed by atoms with Crippen molar-refractivity contribution in [3.05, 3.63) is 304 Å². The minimum Gasteiger partial charge on any atom is -0.263 e. The fourth-order valence-electron chi connectivity index (χ4n) is 12.0. The number of hydrogen-bond donors (Lipinski definition) is 0. The molecule has 410 valence electrons. The summed E-state index contributed by atoms with van der Waals surface area (Å²) in [5, 5.41) is 7.53. The summed E-state index contributed by atoms with van der Waals surface area (Å²) in [5.74, 6) is 3.59. The Bertz CT molecular complexity index is 5180. The van der Waals surface area contributed by atoms with Crippen molar-refractivity contribution in [2.75, 3.05) is 0 Å². The van der Waals surface area contributed by atoms with Crippen LogP contribution in [0.3, 0.4) is 0 Å². The van der Waals surface area contributed by atoms with E-state index in [1.165, 1.54) is 0 Å². The number of nitrogens with zero attached hydrogens (tertiary/aromatic N) is 8. The highest BCUT2D eigenvalue weighted by molar-refractivity contribution is 6.06. The number of rotatable bonds is 11. The van der Waals surface area contributed by atoms with Gasteiger partial charge in [-0.05, 0) is 89.6 Å². The number of pyridine rings is 2. The summed E-state index contributed by atoms with van der Waals surface area (Å²) >= 11 is 0. The third-order valence-electron chi connectivity index (χ3n) is 16.6. The maximum atomic E-state index is 5.31. The zero-order valence-electron chi connectivity index (χ0n) is 47.4. The van der Waals surface area contributed by atoms with Crippen molar-refractivity contribution >= 4 is 43.2 Å². The van der Waals surface area contributed by atoms with Crippen molar-refractivity contribution in [3.63, 3.8) is 0 Å². The fourth-order valence-corrected chi connectivity index (χ4v) is 12.0. The Labute approximate surface area is 508 Å². The Hall–Kier alpha value is -12.0. The van der Waals surface area contributed by atoms with E-state index in [1.807, 2.05) is 48.9 Å². The van der Waals surface area contributed by atoms with Crippen LogP contribution in [-0.2, 0) is 0 Å². The van der Waals surface area contributed by atoms with Crippen LogP contribution in [0, 0.1) is 0 Å². The van der Waals surface area contributed by atoms with Crippen molar-refractivity contribution in [2.24, 2.45) is 0 Å². The van der Waals surface area contributed by atoms with Gasteiger partial charge in [-0.1, -0.05) is 267 Å². The fraction of sp³-hybridized carbons (Fsp3) is 0. The average molecular weight is 1120 g/mol. The molecular weight excluding hydrogens is 1070 g/mol. The highest BCUT2D eigenvalue weighted by Gasteiger charge is 2.19. The normalized spacial score (nSPS) is 11.4. The van der Waals surface area contributed by atoms with Gasteiger partial charge in [0.1, 0.15) is 0 Å². The van der Waals surface area contributed by atoms with Gasteiger partial charge in [-0.3, -0.25) is 9.97 Å². The number of benzene rings is 12. The zero-order chi connectivity index (χ0) is 58.3. The average Bonchev–Trinajstić information content (AvgIpc) is 1.85. The highest BCUT2D eigenvalue weighted by atomic mass is 15.0. The molecule has 0 radical (unpaired) electrons. The van der Waals surface area contributed by atoms with Crippen molar-refractivity contribution < 1.29 is 0 Å². The number of fused-ring (bicyclic) bond motifs is 4. The topological polar surface area (TPSA) is 103 Å². The lowest BCUT2D eigenvalue weighted by Crippen LogP contribution is -2.01. The first-order valence-corrected chi connectivity index (χ1v) is 29.4. The third kappa shape index (κ3) is 9.86. The molecule has 16 aromatic rings. The Morgan fingerprint density at radius 3 is 1.15 bits per heavy atom. The number of aromatic nitrogens is 8. The molecule has 0 saturated carbocycles. The molecule has 8 heteroatoms. The molecule has 0 aliphatic heterocycles. The molecule has 0 spiro atoms. The number of para-hydroxylation sites is 1. The molecule has 16 rings (SSSR count). The molecule has 8 nitrogen and oxygen atoms in total. The van der Waals surface area contributed by atoms with Gasteiger partial charge in [-0.25, -0.2) is 29.9 Å². The Morgan fingerprint density at radius 2 is 0.557 bits per heavy atom. The van der Waals surface area contributed by atoms with Crippen molar-refractivity contribution in [2.45, 2.75) is 0 Å². The van der Waals surface area contributed by atoms with Crippen LogP contribution in [0.4, 0.5) is 0 Å². The van der Waals surface area contributed by atoms with Gasteiger partial charge in [0.25, 0.3) is 0 Å². The van der Waals surface area contributed by atoms with Crippen LogP contribution < -0.4 is 0 Å². The standard InChI is InChI=1S/C80H50N8/c1-3-14-51(15-4-1)53-28-36-58(37-29-53)75-83-76(59-38-30-54(31-39-59)52-16-5-2-6-17-52)85-77(84-75)61-42-34-57(35-43-61)73-50-81-48-65-46-62(44-45-68(65)73)67-22-12-24-70-69(67)23-13-26-72(70)80-87-78(86-79(88-80)71-25-11-20-56-18-7-9-21-66(56)71)60-40-32-55(33-41-60)64-47-63-19-8-10-27-74(63)82-49-64/h1-50H. The van der Waals surface area contributed by atoms with Gasteiger partial charge in [0.2, 0.25) is 0 Å². The quantitative estimate of drug-likeness (QED) is 0.126. The monoisotopic (exact) mass is 1120 g/mol. The van der Waals surface area contributed by atoms with E-state index in [2.05, 4.69) is 255 Å². The van der Waals surface area contributed by atoms with Crippen molar-refractivity contribution in [1.29, 1.82) is 0 Å². The van der Waals surface area contributed by atoms with Gasteiger partial charge in [-0.15, -0.1) is 0 Å². The molecule has 0 fully saturated rings. The lowest BCUT2D eigenvalue weighted by Gasteiger charge is -2.14. The van der Waals surface area contributed by atoms with Gasteiger partial charge >= 0.3 is 0 Å². The van der Waals surface area contributed by atoms with Crippen LogP contribution in [0.25, 0.3) is 167 Å². The zero-order valence-corrected chi connectivity index (χ0v) is 47.4. The first kappa shape index (κ1) is 51.6. The second-order valence-corrected chi connectivity index (χ2v) is 21.9. The van der Waals surface area contributed by atoms with Crippen LogP contribution in [0.5, 0.6) is 0 Å². The summed E-state index contributed by atoms with van der Waals surface area (Å²) in [6.45, 7) is 0. The SMILES string of the molecule is c1ccc(-c2ccc(-c3nc(-c4ccc(-c5ccccc5)cc4)nc(-c4ccc(-c5cncc6cc(-c7cccc8c(-c9nc(-c%10ccc(-c%11cnc%12ccccc%12c%11)cc%10)nc(-c%10cccc%11ccccc%10%11)n9)cccc78)ccc56)cc4)n3)cc2)cc1. The van der Waals surface area contributed by atoms with Gasteiger partial charge in [0, 0.05) is 73.9 Å². The molecule has 88 heavy (non-hydrogen) atoms. The first-order valence-electron chi connectivity index (χ1n) is 29.4. The summed E-state index contributed by atoms with van der Waals surface area (Å²) < 4.78 is 0. The van der Waals surface area contributed by atoms with E-state index in [0.29, 0.717) is 34.9 Å². The molecule has 12 aromatic carbocycles. The summed E-state index contributed by atoms with van der Waals surface area (Å²) in [6.07, 6.45) is 5.83. The second-order valence-electron chi connectivity index (χ2n) is 21.9. The molecule has 4 heterocycles. The van der Waals surface area contributed by atoms with E-state index in [0.717, 1.165) is 132 Å². The third-order valence-corrected chi connectivity index (χ3v) is 16.6. The lowest BCUT2D eigenvalue weighted by atomic mass is 9.93. The van der Waals surface area contributed by atoms with Crippen molar-refractivity contribution in [1.82, 2.24) is 39.9 Å². The first-order chi connectivity index (χ1) is 43.6. The van der Waals surface area contributed by atoms with E-state index in [-0.39, 0.29) is 0 Å². The van der Waals surface area contributed by atoms with Crippen LogP contribution in [0.15, 0.2) is 304 Å². The predicted molar refractivity (Wildman–Crippen MR) is 359 cm³/mol. The summed E-state index contributed by atoms with van der Waals surface area (Å²) in [7, 11) is 0. The van der Waals surface area contributed by atoms with Gasteiger partial charge in [0.05, 0.1) is 5.52 Å². The molecule has 0 atom stereocenters. The highest BCUT2D eigenvalue weighted by Crippen LogP contribution is 2.39. The summed E-state index contributed by atoms with van der Waals surface area (Å²) in [5.41, 5.74) is 17.3. The molecule has 0 bridgehead atoms. The molecule has 0 aliphatic carbocycles. The largest absolute Gasteiger partial charge is 0.263 e. The van der Waals surface area contributed by atoms with Crippen LogP contribution in [0.2, 0.25) is 0 Å².